The Morgan fingerprint density at radius 3 is 1.26 bits per heavy atom. The number of nitriles is 4. The van der Waals surface area contributed by atoms with E-state index in [0.29, 0.717) is 11.1 Å². The summed E-state index contributed by atoms with van der Waals surface area (Å²) in [5.74, 6) is -0.410. The molecule has 0 saturated heterocycles. The van der Waals surface area contributed by atoms with Gasteiger partial charge in [-0.2, -0.15) is 37.9 Å². The molecule has 0 aliphatic rings. The fourth-order valence-electron chi connectivity index (χ4n) is 4.22. The van der Waals surface area contributed by atoms with Crippen LogP contribution in [-0.2, 0) is 20.2 Å². The van der Waals surface area contributed by atoms with E-state index in [-0.39, 0.29) is 54.7 Å². The third-order valence-electron chi connectivity index (χ3n) is 6.26. The van der Waals surface area contributed by atoms with Crippen molar-refractivity contribution >= 4 is 43.2 Å². The van der Waals surface area contributed by atoms with Crippen LogP contribution in [0.25, 0.3) is 22.9 Å². The second kappa shape index (κ2) is 13.5. The van der Waals surface area contributed by atoms with Gasteiger partial charge in [0.1, 0.15) is 45.2 Å². The summed E-state index contributed by atoms with van der Waals surface area (Å²) in [6.45, 7) is 0. The minimum absolute atomic E-state index is 0.00484. The number of benzene rings is 4. The van der Waals surface area contributed by atoms with E-state index >= 15 is 0 Å². The molecule has 4 aromatic carbocycles. The van der Waals surface area contributed by atoms with Crippen LogP contribution in [0.3, 0.4) is 0 Å². The number of hydrogen-bond acceptors (Lipinski definition) is 12. The molecule has 46 heavy (non-hydrogen) atoms. The molecule has 0 unspecified atom stereocenters. The van der Waals surface area contributed by atoms with E-state index in [1.54, 1.807) is 24.3 Å². The molecular weight excluding hydrogens is 633 g/mol. The van der Waals surface area contributed by atoms with Gasteiger partial charge in [-0.25, -0.2) is 0 Å². The van der Waals surface area contributed by atoms with Gasteiger partial charge in [-0.15, -0.1) is 0 Å². The van der Waals surface area contributed by atoms with Crippen molar-refractivity contribution in [2.24, 2.45) is 0 Å². The minimum atomic E-state index is -4.63. The molecule has 0 heterocycles. The number of rotatable bonds is 10. The van der Waals surface area contributed by atoms with Gasteiger partial charge in [-0.3, -0.25) is 0 Å². The van der Waals surface area contributed by atoms with Gasteiger partial charge in [-0.1, -0.05) is 36.4 Å². The van der Waals surface area contributed by atoms with Crippen molar-refractivity contribution in [2.75, 3.05) is 14.2 Å². The first-order valence-electron chi connectivity index (χ1n) is 12.8. The van der Waals surface area contributed by atoms with Crippen LogP contribution in [0.15, 0.2) is 93.7 Å². The summed E-state index contributed by atoms with van der Waals surface area (Å²) < 4.78 is 75.7. The molecule has 0 spiro atoms. The molecule has 0 aliphatic carbocycles. The standard InChI is InChI=1S/C32H20N4O8S2/c1-41-27-11-9-21(13-23(17-33)18-34)15-29(27)43-45(37,38)31-7-3-6-26-25(31)5-4-8-32(26)46(39,40)44-30-16-22(10-12-28(30)42-2)14-24(19-35)20-36/h3-16H,1-2H3. The second-order valence-corrected chi connectivity index (χ2v) is 12.1. The molecule has 14 heteroatoms. The first kappa shape index (κ1) is 32.6. The lowest BCUT2D eigenvalue weighted by atomic mass is 10.1. The van der Waals surface area contributed by atoms with E-state index in [9.17, 15) is 16.8 Å². The quantitative estimate of drug-likeness (QED) is 0.159. The number of hydrogen-bond donors (Lipinski definition) is 0. The lowest BCUT2D eigenvalue weighted by Crippen LogP contribution is -2.13. The van der Waals surface area contributed by atoms with E-state index in [2.05, 4.69) is 0 Å². The third-order valence-corrected chi connectivity index (χ3v) is 8.85. The Kier molecular flexibility index (Phi) is 9.59. The monoisotopic (exact) mass is 652 g/mol. The van der Waals surface area contributed by atoms with Crippen LogP contribution in [0.5, 0.6) is 23.0 Å². The van der Waals surface area contributed by atoms with Gasteiger partial charge in [0.25, 0.3) is 0 Å². The molecular formula is C32H20N4O8S2. The Hall–Kier alpha value is -6.32. The Morgan fingerprint density at radius 1 is 0.565 bits per heavy atom. The first-order valence-corrected chi connectivity index (χ1v) is 15.6. The van der Waals surface area contributed by atoms with Crippen molar-refractivity contribution in [1.82, 2.24) is 0 Å². The molecule has 0 saturated carbocycles. The summed E-state index contributed by atoms with van der Waals surface area (Å²) >= 11 is 0. The first-order chi connectivity index (χ1) is 22.0. The molecule has 0 aliphatic heterocycles. The topological polar surface area (TPSA) is 200 Å². The summed E-state index contributed by atoms with van der Waals surface area (Å²) in [5, 5.41) is 36.3. The SMILES string of the molecule is COc1ccc(C=C(C#N)C#N)cc1OS(=O)(=O)c1cccc2c(S(=O)(=O)Oc3cc(C=C(C#N)C#N)ccc3OC)cccc12. The molecule has 4 aromatic rings. The normalized spacial score (nSPS) is 10.7. The lowest BCUT2D eigenvalue weighted by molar-refractivity contribution is 0.390. The Morgan fingerprint density at radius 2 is 0.935 bits per heavy atom. The summed E-state index contributed by atoms with van der Waals surface area (Å²) in [6, 6.07) is 23.1. The predicted molar refractivity (Wildman–Crippen MR) is 164 cm³/mol. The molecule has 0 radical (unpaired) electrons. The van der Waals surface area contributed by atoms with E-state index in [0.717, 1.165) is 0 Å². The van der Waals surface area contributed by atoms with Crippen molar-refractivity contribution in [3.63, 3.8) is 0 Å². The van der Waals surface area contributed by atoms with E-state index in [1.165, 1.54) is 99.2 Å². The molecule has 0 atom stereocenters. The highest BCUT2D eigenvalue weighted by Crippen LogP contribution is 2.36. The van der Waals surface area contributed by atoms with E-state index < -0.39 is 20.2 Å². The number of ether oxygens (including phenoxy) is 2. The maximum atomic E-state index is 13.6. The number of fused-ring (bicyclic) bond motifs is 1. The zero-order valence-electron chi connectivity index (χ0n) is 24.0. The van der Waals surface area contributed by atoms with Gasteiger partial charge in [0.05, 0.1) is 14.2 Å². The van der Waals surface area contributed by atoms with Crippen molar-refractivity contribution in [3.8, 4) is 47.3 Å². The van der Waals surface area contributed by atoms with Crippen LogP contribution in [0.4, 0.5) is 0 Å². The number of methoxy groups -OCH3 is 2. The summed E-state index contributed by atoms with van der Waals surface area (Å²) in [7, 11) is -6.67. The van der Waals surface area contributed by atoms with E-state index in [4.69, 9.17) is 38.9 Å². The van der Waals surface area contributed by atoms with Crippen molar-refractivity contribution in [3.05, 3.63) is 95.1 Å². The average molecular weight is 653 g/mol. The molecule has 12 nitrogen and oxygen atoms in total. The highest BCUT2D eigenvalue weighted by molar-refractivity contribution is 7.87. The number of allylic oxidation sites excluding steroid dienone is 2. The zero-order valence-corrected chi connectivity index (χ0v) is 25.6. The van der Waals surface area contributed by atoms with Gasteiger partial charge in [-0.05, 0) is 59.7 Å². The van der Waals surface area contributed by atoms with Gasteiger partial charge < -0.3 is 17.8 Å². The van der Waals surface area contributed by atoms with E-state index in [1.807, 2.05) is 0 Å². The fraction of sp³-hybridized carbons (Fsp3) is 0.0625. The lowest BCUT2D eigenvalue weighted by Gasteiger charge is -2.15. The Bertz CT molecular complexity index is 2120. The number of nitrogens with zero attached hydrogens (tertiary/aromatic N) is 4. The van der Waals surface area contributed by atoms with Crippen molar-refractivity contribution < 1.29 is 34.7 Å². The molecule has 0 fully saturated rings. The third kappa shape index (κ3) is 6.91. The van der Waals surface area contributed by atoms with Crippen molar-refractivity contribution in [1.29, 1.82) is 21.0 Å². The van der Waals surface area contributed by atoms with Crippen LogP contribution in [0, 0.1) is 45.3 Å². The highest BCUT2D eigenvalue weighted by Gasteiger charge is 2.27. The maximum absolute atomic E-state index is 13.6. The van der Waals surface area contributed by atoms with Gasteiger partial charge in [0.15, 0.2) is 23.0 Å². The molecule has 0 bridgehead atoms. The van der Waals surface area contributed by atoms with Crippen LogP contribution >= 0.6 is 0 Å². The highest BCUT2D eigenvalue weighted by atomic mass is 32.2. The van der Waals surface area contributed by atoms with Crippen LogP contribution < -0.4 is 17.8 Å². The second-order valence-electron chi connectivity index (χ2n) is 9.07. The molecule has 4 rings (SSSR count). The summed E-state index contributed by atoms with van der Waals surface area (Å²) in [4.78, 5) is -0.741. The fourth-order valence-corrected chi connectivity index (χ4v) is 6.52. The largest absolute Gasteiger partial charge is 0.493 e. The van der Waals surface area contributed by atoms with Gasteiger partial charge >= 0.3 is 20.2 Å². The Labute approximate surface area is 264 Å². The summed E-state index contributed by atoms with van der Waals surface area (Å²) in [5.41, 5.74) is 0.135. The van der Waals surface area contributed by atoms with Crippen LogP contribution in [0.2, 0.25) is 0 Å². The molecule has 0 N–H and O–H groups in total. The maximum Gasteiger partial charge on any atom is 0.339 e. The van der Waals surface area contributed by atoms with Crippen molar-refractivity contribution in [2.45, 2.75) is 9.79 Å². The molecule has 0 amide bonds. The molecule has 0 aromatic heterocycles. The van der Waals surface area contributed by atoms with Gasteiger partial charge in [0, 0.05) is 10.8 Å². The van der Waals surface area contributed by atoms with Crippen LogP contribution in [0.1, 0.15) is 11.1 Å². The average Bonchev–Trinajstić information content (AvgIpc) is 3.05. The zero-order chi connectivity index (χ0) is 33.5. The summed E-state index contributed by atoms with van der Waals surface area (Å²) in [6.07, 6.45) is 2.47. The van der Waals surface area contributed by atoms with Gasteiger partial charge in [0.2, 0.25) is 0 Å². The molecule has 228 valence electrons. The Balaban J connectivity index is 1.79. The smallest absolute Gasteiger partial charge is 0.339 e. The van der Waals surface area contributed by atoms with Crippen LogP contribution in [-0.4, -0.2) is 31.1 Å². The minimum Gasteiger partial charge on any atom is -0.493 e. The predicted octanol–water partition coefficient (Wildman–Crippen LogP) is 5.25.